The number of nitrogens with zero attached hydrogens (tertiary/aromatic N) is 5. The lowest BCUT2D eigenvalue weighted by Gasteiger charge is -2.32. The van der Waals surface area contributed by atoms with Gasteiger partial charge in [-0.05, 0) is 36.6 Å². The molecular formula is C20H22N6O. The maximum absolute atomic E-state index is 12.8. The van der Waals surface area contributed by atoms with Crippen molar-refractivity contribution in [3.05, 3.63) is 72.3 Å². The standard InChI is InChI=1S/C20H22N6O/c27-20(25-12-5-8-18(15-25)26-13-11-22-24-26)23-19-9-2-1-6-16(19)14-17-7-3-4-10-21-17/h1-4,6-7,9-11,13,18H,5,8,12,14-15H2,(H,23,27). The Labute approximate surface area is 158 Å². The van der Waals surface area contributed by atoms with Gasteiger partial charge in [0.2, 0.25) is 0 Å². The first-order valence-electron chi connectivity index (χ1n) is 9.19. The molecule has 0 bridgehead atoms. The van der Waals surface area contributed by atoms with Crippen LogP contribution in [0, 0.1) is 0 Å². The number of carbonyl (C=O) groups excluding carboxylic acids is 1. The van der Waals surface area contributed by atoms with Crippen molar-refractivity contribution in [2.45, 2.75) is 25.3 Å². The Morgan fingerprint density at radius 3 is 2.85 bits per heavy atom. The molecule has 4 rings (SSSR count). The van der Waals surface area contributed by atoms with Crippen molar-refractivity contribution in [3.63, 3.8) is 0 Å². The van der Waals surface area contributed by atoms with Gasteiger partial charge in [0, 0.05) is 43.3 Å². The summed E-state index contributed by atoms with van der Waals surface area (Å²) in [4.78, 5) is 19.1. The number of aromatic nitrogens is 4. The number of rotatable bonds is 4. The molecule has 1 atom stereocenters. The molecule has 1 fully saturated rings. The normalized spacial score (nSPS) is 16.9. The lowest BCUT2D eigenvalue weighted by atomic mass is 10.1. The van der Waals surface area contributed by atoms with Crippen molar-refractivity contribution in [1.29, 1.82) is 0 Å². The van der Waals surface area contributed by atoms with Gasteiger partial charge in [0.15, 0.2) is 0 Å². The van der Waals surface area contributed by atoms with E-state index in [4.69, 9.17) is 0 Å². The SMILES string of the molecule is O=C(Nc1ccccc1Cc1ccccn1)N1CCCC(n2ccnn2)C1. The number of hydrogen-bond acceptors (Lipinski definition) is 4. The summed E-state index contributed by atoms with van der Waals surface area (Å²) in [6.45, 7) is 1.39. The number of carbonyl (C=O) groups is 1. The molecule has 7 nitrogen and oxygen atoms in total. The van der Waals surface area contributed by atoms with Gasteiger partial charge in [-0.15, -0.1) is 5.10 Å². The minimum Gasteiger partial charge on any atom is -0.322 e. The fraction of sp³-hybridized carbons (Fsp3) is 0.300. The number of nitrogens with one attached hydrogen (secondary N) is 1. The van der Waals surface area contributed by atoms with Crippen LogP contribution in [0.2, 0.25) is 0 Å². The summed E-state index contributed by atoms with van der Waals surface area (Å²) >= 11 is 0. The van der Waals surface area contributed by atoms with E-state index in [1.165, 1.54) is 0 Å². The van der Waals surface area contributed by atoms with E-state index >= 15 is 0 Å². The van der Waals surface area contributed by atoms with E-state index in [0.717, 1.165) is 36.3 Å². The minimum atomic E-state index is -0.0757. The first kappa shape index (κ1) is 17.2. The Morgan fingerprint density at radius 2 is 2.04 bits per heavy atom. The predicted octanol–water partition coefficient (Wildman–Crippen LogP) is 3.13. The lowest BCUT2D eigenvalue weighted by molar-refractivity contribution is 0.174. The van der Waals surface area contributed by atoms with Crippen LogP contribution in [-0.4, -0.2) is 44.0 Å². The number of piperidine rings is 1. The number of anilines is 1. The average Bonchev–Trinajstić information content (AvgIpc) is 3.25. The Bertz CT molecular complexity index is 881. The molecule has 1 aliphatic heterocycles. The molecule has 1 unspecified atom stereocenters. The van der Waals surface area contributed by atoms with Crippen molar-refractivity contribution in [2.75, 3.05) is 18.4 Å². The van der Waals surface area contributed by atoms with Gasteiger partial charge in [-0.25, -0.2) is 9.48 Å². The Hall–Kier alpha value is -3.22. The second-order valence-electron chi connectivity index (χ2n) is 6.71. The van der Waals surface area contributed by atoms with Crippen LogP contribution in [-0.2, 0) is 6.42 Å². The quantitative estimate of drug-likeness (QED) is 0.774. The third-order valence-corrected chi connectivity index (χ3v) is 4.86. The maximum atomic E-state index is 12.8. The second kappa shape index (κ2) is 7.99. The molecular weight excluding hydrogens is 340 g/mol. The number of benzene rings is 1. The minimum absolute atomic E-state index is 0.0757. The first-order chi connectivity index (χ1) is 13.3. The van der Waals surface area contributed by atoms with E-state index in [9.17, 15) is 4.79 Å². The van der Waals surface area contributed by atoms with Crippen molar-refractivity contribution in [2.24, 2.45) is 0 Å². The molecule has 0 spiro atoms. The van der Waals surface area contributed by atoms with Crippen LogP contribution >= 0.6 is 0 Å². The second-order valence-corrected chi connectivity index (χ2v) is 6.71. The van der Waals surface area contributed by atoms with Gasteiger partial charge in [-0.2, -0.15) is 0 Å². The molecule has 0 aliphatic carbocycles. The number of urea groups is 1. The van der Waals surface area contributed by atoms with E-state index in [-0.39, 0.29) is 12.1 Å². The molecule has 3 heterocycles. The zero-order valence-electron chi connectivity index (χ0n) is 15.0. The topological polar surface area (TPSA) is 75.9 Å². The maximum Gasteiger partial charge on any atom is 0.321 e. The Kier molecular flexibility index (Phi) is 5.09. The summed E-state index contributed by atoms with van der Waals surface area (Å²) in [5.41, 5.74) is 2.86. The average molecular weight is 362 g/mol. The number of amides is 2. The smallest absolute Gasteiger partial charge is 0.321 e. The fourth-order valence-electron chi connectivity index (χ4n) is 3.46. The summed E-state index contributed by atoms with van der Waals surface area (Å²) < 4.78 is 1.84. The number of pyridine rings is 1. The monoisotopic (exact) mass is 362 g/mol. The predicted molar refractivity (Wildman–Crippen MR) is 102 cm³/mol. The Balaban J connectivity index is 1.45. The van der Waals surface area contributed by atoms with Crippen LogP contribution in [0.3, 0.4) is 0 Å². The van der Waals surface area contributed by atoms with Crippen LogP contribution in [0.15, 0.2) is 61.1 Å². The van der Waals surface area contributed by atoms with E-state index in [0.29, 0.717) is 13.0 Å². The molecule has 1 saturated heterocycles. The van der Waals surface area contributed by atoms with E-state index in [1.54, 1.807) is 12.4 Å². The molecule has 138 valence electrons. The summed E-state index contributed by atoms with van der Waals surface area (Å²) in [6, 6.07) is 13.9. The molecule has 1 N–H and O–H groups in total. The van der Waals surface area contributed by atoms with E-state index in [2.05, 4.69) is 20.6 Å². The molecule has 0 radical (unpaired) electrons. The molecule has 1 aromatic carbocycles. The first-order valence-corrected chi connectivity index (χ1v) is 9.19. The van der Waals surface area contributed by atoms with Gasteiger partial charge in [0.05, 0.1) is 12.2 Å². The van der Waals surface area contributed by atoms with E-state index in [1.807, 2.05) is 58.2 Å². The fourth-order valence-corrected chi connectivity index (χ4v) is 3.46. The lowest BCUT2D eigenvalue weighted by Crippen LogP contribution is -2.43. The molecule has 0 saturated carbocycles. The number of likely N-dealkylation sites (tertiary alicyclic amines) is 1. The highest BCUT2D eigenvalue weighted by atomic mass is 16.2. The third kappa shape index (κ3) is 4.13. The van der Waals surface area contributed by atoms with Crippen molar-refractivity contribution >= 4 is 11.7 Å². The van der Waals surface area contributed by atoms with Crippen LogP contribution < -0.4 is 5.32 Å². The summed E-state index contributed by atoms with van der Waals surface area (Å²) in [7, 11) is 0. The van der Waals surface area contributed by atoms with Gasteiger partial charge in [-0.3, -0.25) is 4.98 Å². The van der Waals surface area contributed by atoms with E-state index < -0.39 is 0 Å². The highest BCUT2D eigenvalue weighted by Gasteiger charge is 2.25. The van der Waals surface area contributed by atoms with Crippen LogP contribution in [0.5, 0.6) is 0 Å². The molecule has 1 aliphatic rings. The molecule has 2 amide bonds. The third-order valence-electron chi connectivity index (χ3n) is 4.86. The highest BCUT2D eigenvalue weighted by molar-refractivity contribution is 5.90. The van der Waals surface area contributed by atoms with Gasteiger partial charge >= 0.3 is 6.03 Å². The van der Waals surface area contributed by atoms with Gasteiger partial charge in [0.25, 0.3) is 0 Å². The van der Waals surface area contributed by atoms with Gasteiger partial charge in [-0.1, -0.05) is 29.5 Å². The highest BCUT2D eigenvalue weighted by Crippen LogP contribution is 2.23. The van der Waals surface area contributed by atoms with Crippen molar-refractivity contribution in [1.82, 2.24) is 24.9 Å². The van der Waals surface area contributed by atoms with Crippen LogP contribution in [0.25, 0.3) is 0 Å². The number of para-hydroxylation sites is 1. The molecule has 3 aromatic rings. The summed E-state index contributed by atoms with van der Waals surface area (Å²) in [5.74, 6) is 0. The van der Waals surface area contributed by atoms with Crippen molar-refractivity contribution in [3.8, 4) is 0 Å². The van der Waals surface area contributed by atoms with Crippen LogP contribution in [0.4, 0.5) is 10.5 Å². The molecule has 27 heavy (non-hydrogen) atoms. The number of hydrogen-bond donors (Lipinski definition) is 1. The largest absolute Gasteiger partial charge is 0.322 e. The molecule has 7 heteroatoms. The van der Waals surface area contributed by atoms with Gasteiger partial charge in [0.1, 0.15) is 0 Å². The Morgan fingerprint density at radius 1 is 1.15 bits per heavy atom. The van der Waals surface area contributed by atoms with Crippen LogP contribution in [0.1, 0.15) is 30.1 Å². The zero-order valence-corrected chi connectivity index (χ0v) is 15.0. The molecule has 2 aromatic heterocycles. The zero-order chi connectivity index (χ0) is 18.5. The summed E-state index contributed by atoms with van der Waals surface area (Å²) in [6.07, 6.45) is 7.95. The summed E-state index contributed by atoms with van der Waals surface area (Å²) in [5, 5.41) is 11.0. The van der Waals surface area contributed by atoms with Crippen molar-refractivity contribution < 1.29 is 4.79 Å². The van der Waals surface area contributed by atoms with Gasteiger partial charge < -0.3 is 10.2 Å².